The normalized spacial score (nSPS) is 11.2. The molecular formula is C16H21FN4O2. The third-order valence-electron chi connectivity index (χ3n) is 2.85. The molecule has 0 spiro atoms. The summed E-state index contributed by atoms with van der Waals surface area (Å²) < 4.78 is 18.1. The Balaban J connectivity index is 0.00000127. The van der Waals surface area contributed by atoms with Crippen LogP contribution in [-0.2, 0) is 9.53 Å². The predicted molar refractivity (Wildman–Crippen MR) is 88.1 cm³/mol. The Morgan fingerprint density at radius 1 is 1.30 bits per heavy atom. The van der Waals surface area contributed by atoms with Crippen LogP contribution in [0.4, 0.5) is 4.39 Å². The van der Waals surface area contributed by atoms with Crippen molar-refractivity contribution >= 4 is 22.4 Å². The van der Waals surface area contributed by atoms with Gasteiger partial charge in [0.2, 0.25) is 0 Å². The number of esters is 1. The molecule has 7 heteroatoms. The lowest BCUT2D eigenvalue weighted by molar-refractivity contribution is -0.138. The molecular weight excluding hydrogens is 299 g/mol. The van der Waals surface area contributed by atoms with Crippen molar-refractivity contribution in [3.63, 3.8) is 0 Å². The van der Waals surface area contributed by atoms with Crippen LogP contribution >= 0.6 is 0 Å². The van der Waals surface area contributed by atoms with E-state index in [0.717, 1.165) is 5.39 Å². The second kappa shape index (κ2) is 8.70. The molecule has 6 nitrogen and oxygen atoms in total. The monoisotopic (exact) mass is 320 g/mol. The SMILES string of the molecule is CC.CCOC(=O)/C(NN)=C(/N)c1cc2cc(F)ccc2cn1. The Labute approximate surface area is 134 Å². The number of nitrogens with one attached hydrogen (secondary N) is 1. The molecule has 23 heavy (non-hydrogen) atoms. The van der Waals surface area contributed by atoms with Gasteiger partial charge in [0.25, 0.3) is 0 Å². The summed E-state index contributed by atoms with van der Waals surface area (Å²) in [7, 11) is 0. The van der Waals surface area contributed by atoms with E-state index in [-0.39, 0.29) is 23.8 Å². The van der Waals surface area contributed by atoms with Gasteiger partial charge in [-0.15, -0.1) is 0 Å². The molecule has 0 unspecified atom stereocenters. The number of nitrogens with two attached hydrogens (primary N) is 2. The van der Waals surface area contributed by atoms with E-state index in [1.165, 1.54) is 18.3 Å². The molecule has 0 aliphatic rings. The van der Waals surface area contributed by atoms with Crippen molar-refractivity contribution in [3.8, 4) is 0 Å². The van der Waals surface area contributed by atoms with Crippen LogP contribution in [-0.4, -0.2) is 17.6 Å². The Hall–Kier alpha value is -2.67. The molecule has 2 aromatic rings. The first kappa shape index (κ1) is 18.4. The van der Waals surface area contributed by atoms with Gasteiger partial charge in [-0.25, -0.2) is 9.18 Å². The van der Waals surface area contributed by atoms with Crippen LogP contribution in [0, 0.1) is 5.82 Å². The number of pyridine rings is 1. The van der Waals surface area contributed by atoms with E-state index in [4.69, 9.17) is 16.3 Å². The number of nitrogens with zero attached hydrogens (tertiary/aromatic N) is 1. The lowest BCUT2D eigenvalue weighted by Crippen LogP contribution is -2.31. The van der Waals surface area contributed by atoms with Crippen molar-refractivity contribution in [1.29, 1.82) is 0 Å². The summed E-state index contributed by atoms with van der Waals surface area (Å²) in [4.78, 5) is 15.9. The van der Waals surface area contributed by atoms with E-state index in [9.17, 15) is 9.18 Å². The number of hydrogen-bond acceptors (Lipinski definition) is 6. The zero-order valence-electron chi connectivity index (χ0n) is 13.4. The van der Waals surface area contributed by atoms with Crippen LogP contribution in [0.15, 0.2) is 36.2 Å². The Kier molecular flexibility index (Phi) is 6.95. The summed E-state index contributed by atoms with van der Waals surface area (Å²) in [5.41, 5.74) is 8.33. The minimum absolute atomic E-state index is 0.0297. The van der Waals surface area contributed by atoms with Crippen LogP contribution in [0.3, 0.4) is 0 Å². The highest BCUT2D eigenvalue weighted by Gasteiger charge is 2.16. The molecule has 0 bridgehead atoms. The van der Waals surface area contributed by atoms with Gasteiger partial charge in [0.15, 0.2) is 5.70 Å². The van der Waals surface area contributed by atoms with Crippen molar-refractivity contribution in [3.05, 3.63) is 47.7 Å². The zero-order chi connectivity index (χ0) is 17.4. The highest BCUT2D eigenvalue weighted by molar-refractivity contribution is 5.96. The first-order valence-corrected chi connectivity index (χ1v) is 7.26. The third-order valence-corrected chi connectivity index (χ3v) is 2.85. The quantitative estimate of drug-likeness (QED) is 0.345. The highest BCUT2D eigenvalue weighted by atomic mass is 19.1. The third kappa shape index (κ3) is 4.40. The number of rotatable bonds is 4. The largest absolute Gasteiger partial charge is 0.461 e. The number of carbonyl (C=O) groups excluding carboxylic acids is 1. The number of hydrazine groups is 1. The lowest BCUT2D eigenvalue weighted by Gasteiger charge is -2.10. The van der Waals surface area contributed by atoms with E-state index in [1.807, 2.05) is 13.8 Å². The molecule has 1 heterocycles. The summed E-state index contributed by atoms with van der Waals surface area (Å²) in [5, 5.41) is 1.37. The fourth-order valence-electron chi connectivity index (χ4n) is 1.84. The summed E-state index contributed by atoms with van der Waals surface area (Å²) in [6, 6.07) is 5.88. The molecule has 2 rings (SSSR count). The molecule has 0 aliphatic heterocycles. The Morgan fingerprint density at radius 2 is 2.00 bits per heavy atom. The molecule has 1 aromatic carbocycles. The summed E-state index contributed by atoms with van der Waals surface area (Å²) in [5.74, 6) is 4.25. The van der Waals surface area contributed by atoms with Gasteiger partial charge in [-0.2, -0.15) is 0 Å². The van der Waals surface area contributed by atoms with Gasteiger partial charge in [-0.1, -0.05) is 13.8 Å². The summed E-state index contributed by atoms with van der Waals surface area (Å²) in [6.45, 7) is 5.85. The molecule has 5 N–H and O–H groups in total. The maximum atomic E-state index is 13.3. The van der Waals surface area contributed by atoms with Crippen LogP contribution in [0.25, 0.3) is 16.5 Å². The van der Waals surface area contributed by atoms with Gasteiger partial charge < -0.3 is 15.9 Å². The minimum Gasteiger partial charge on any atom is -0.461 e. The number of carbonyl (C=O) groups is 1. The molecule has 1 aromatic heterocycles. The average Bonchev–Trinajstić information content (AvgIpc) is 2.56. The fourth-order valence-corrected chi connectivity index (χ4v) is 1.84. The van der Waals surface area contributed by atoms with Crippen molar-refractivity contribution in [1.82, 2.24) is 10.4 Å². The minimum atomic E-state index is -0.682. The van der Waals surface area contributed by atoms with Gasteiger partial charge in [-0.05, 0) is 36.6 Å². The van der Waals surface area contributed by atoms with E-state index in [0.29, 0.717) is 11.1 Å². The van der Waals surface area contributed by atoms with Gasteiger partial charge in [-0.3, -0.25) is 10.8 Å². The summed E-state index contributed by atoms with van der Waals surface area (Å²) >= 11 is 0. The number of halogens is 1. The maximum absolute atomic E-state index is 13.3. The number of fused-ring (bicyclic) bond motifs is 1. The first-order chi connectivity index (χ1) is 11.1. The van der Waals surface area contributed by atoms with E-state index in [2.05, 4.69) is 10.4 Å². The van der Waals surface area contributed by atoms with Crippen LogP contribution in [0.2, 0.25) is 0 Å². The predicted octanol–water partition coefficient (Wildman–Crippen LogP) is 2.05. The van der Waals surface area contributed by atoms with E-state index in [1.54, 1.807) is 19.1 Å². The molecule has 0 fully saturated rings. The Bertz CT molecular complexity index is 716. The van der Waals surface area contributed by atoms with E-state index < -0.39 is 5.97 Å². The standard InChI is InChI=1S/C14H15FN4O2.C2H6/c1-2-21-14(20)13(19-17)12(16)11-6-9-5-10(15)4-3-8(9)7-18-11;1-2/h3-7,19H,2,16-17H2,1H3;1-2H3/b13-12-;. The second-order valence-corrected chi connectivity index (χ2v) is 4.21. The number of aromatic nitrogens is 1. The molecule has 0 radical (unpaired) electrons. The number of hydrogen-bond donors (Lipinski definition) is 3. The molecule has 0 amide bonds. The van der Waals surface area contributed by atoms with Gasteiger partial charge in [0.05, 0.1) is 18.0 Å². The van der Waals surface area contributed by atoms with Gasteiger partial charge in [0, 0.05) is 11.6 Å². The summed E-state index contributed by atoms with van der Waals surface area (Å²) in [6.07, 6.45) is 1.54. The second-order valence-electron chi connectivity index (χ2n) is 4.21. The molecule has 0 atom stereocenters. The molecule has 0 aliphatic carbocycles. The van der Waals surface area contributed by atoms with Crippen LogP contribution < -0.4 is 17.0 Å². The Morgan fingerprint density at radius 3 is 2.61 bits per heavy atom. The molecule has 0 saturated carbocycles. The smallest absolute Gasteiger partial charge is 0.357 e. The number of ether oxygens (including phenoxy) is 1. The average molecular weight is 320 g/mol. The van der Waals surface area contributed by atoms with Crippen molar-refractivity contribution in [2.75, 3.05) is 6.61 Å². The van der Waals surface area contributed by atoms with Gasteiger partial charge >= 0.3 is 5.97 Å². The fraction of sp³-hybridized carbons (Fsp3) is 0.250. The lowest BCUT2D eigenvalue weighted by atomic mass is 10.1. The molecule has 124 valence electrons. The van der Waals surface area contributed by atoms with Crippen LogP contribution in [0.1, 0.15) is 26.5 Å². The van der Waals surface area contributed by atoms with Crippen molar-refractivity contribution < 1.29 is 13.9 Å². The highest BCUT2D eigenvalue weighted by Crippen LogP contribution is 2.19. The van der Waals surface area contributed by atoms with Crippen molar-refractivity contribution in [2.45, 2.75) is 20.8 Å². The maximum Gasteiger partial charge on any atom is 0.357 e. The topological polar surface area (TPSA) is 103 Å². The van der Waals surface area contributed by atoms with Crippen LogP contribution in [0.5, 0.6) is 0 Å². The first-order valence-electron chi connectivity index (χ1n) is 7.26. The van der Waals surface area contributed by atoms with Crippen molar-refractivity contribution in [2.24, 2.45) is 11.6 Å². The zero-order valence-corrected chi connectivity index (χ0v) is 13.4. The number of benzene rings is 1. The molecule has 0 saturated heterocycles. The van der Waals surface area contributed by atoms with Gasteiger partial charge in [0.1, 0.15) is 5.82 Å². The van der Waals surface area contributed by atoms with E-state index >= 15 is 0 Å².